The molecule has 0 bridgehead atoms. The van der Waals surface area contributed by atoms with E-state index in [1.54, 1.807) is 0 Å². The first-order chi connectivity index (χ1) is 9.17. The molecule has 0 aromatic rings. The van der Waals surface area contributed by atoms with Crippen molar-refractivity contribution in [1.82, 2.24) is 4.90 Å². The predicted octanol–water partition coefficient (Wildman–Crippen LogP) is 1.78. The Bertz CT molecular complexity index is 290. The summed E-state index contributed by atoms with van der Waals surface area (Å²) in [6.07, 6.45) is 7.00. The van der Waals surface area contributed by atoms with E-state index in [1.165, 1.54) is 32.2 Å². The largest absolute Gasteiger partial charge is 0.466 e. The highest BCUT2D eigenvalue weighted by atomic mass is 16.5. The van der Waals surface area contributed by atoms with E-state index >= 15 is 0 Å². The normalized spacial score (nSPS) is 29.6. The Morgan fingerprint density at radius 2 is 2.00 bits per heavy atom. The van der Waals surface area contributed by atoms with Gasteiger partial charge < -0.3 is 15.4 Å². The van der Waals surface area contributed by atoms with E-state index in [4.69, 9.17) is 10.5 Å². The molecule has 2 atom stereocenters. The second-order valence-corrected chi connectivity index (χ2v) is 6.24. The van der Waals surface area contributed by atoms with Crippen LogP contribution in [0.4, 0.5) is 0 Å². The van der Waals surface area contributed by atoms with Crippen molar-refractivity contribution in [2.45, 2.75) is 51.5 Å². The molecule has 110 valence electrons. The fourth-order valence-corrected chi connectivity index (χ4v) is 3.66. The standard InChI is InChI=1S/C15H28N2O2/c1-2-19-15(18)8-13-7-14(16)11-17(10-13)9-12-5-3-4-6-12/h12-14H,2-11,16H2,1H3. The van der Waals surface area contributed by atoms with Crippen LogP contribution in [0.5, 0.6) is 0 Å². The van der Waals surface area contributed by atoms with Gasteiger partial charge in [-0.2, -0.15) is 0 Å². The van der Waals surface area contributed by atoms with E-state index in [1.807, 2.05) is 6.92 Å². The molecule has 2 rings (SSSR count). The number of esters is 1. The van der Waals surface area contributed by atoms with E-state index in [0.717, 1.165) is 25.4 Å². The van der Waals surface area contributed by atoms with Gasteiger partial charge in [0.05, 0.1) is 6.61 Å². The number of rotatable bonds is 5. The van der Waals surface area contributed by atoms with Crippen molar-refractivity contribution in [3.63, 3.8) is 0 Å². The molecule has 2 aliphatic rings. The van der Waals surface area contributed by atoms with Crippen LogP contribution in [0.1, 0.15) is 45.4 Å². The van der Waals surface area contributed by atoms with Crippen LogP contribution in [0.15, 0.2) is 0 Å². The lowest BCUT2D eigenvalue weighted by Gasteiger charge is -2.37. The van der Waals surface area contributed by atoms with Crippen molar-refractivity contribution < 1.29 is 9.53 Å². The topological polar surface area (TPSA) is 55.6 Å². The van der Waals surface area contributed by atoms with Gasteiger partial charge in [0, 0.05) is 32.1 Å². The van der Waals surface area contributed by atoms with Crippen LogP contribution in [0.2, 0.25) is 0 Å². The average molecular weight is 268 g/mol. The summed E-state index contributed by atoms with van der Waals surface area (Å²) in [5.41, 5.74) is 6.15. The van der Waals surface area contributed by atoms with Gasteiger partial charge in [0.2, 0.25) is 0 Å². The average Bonchev–Trinajstić information content (AvgIpc) is 2.81. The van der Waals surface area contributed by atoms with Crippen LogP contribution in [-0.4, -0.2) is 43.2 Å². The molecule has 0 amide bonds. The molecule has 2 unspecified atom stereocenters. The van der Waals surface area contributed by atoms with E-state index < -0.39 is 0 Å². The minimum Gasteiger partial charge on any atom is -0.466 e. The van der Waals surface area contributed by atoms with Crippen LogP contribution in [-0.2, 0) is 9.53 Å². The molecular weight excluding hydrogens is 240 g/mol. The molecule has 19 heavy (non-hydrogen) atoms. The fraction of sp³-hybridized carbons (Fsp3) is 0.933. The minimum absolute atomic E-state index is 0.0672. The number of hydrogen-bond donors (Lipinski definition) is 1. The Morgan fingerprint density at radius 1 is 1.26 bits per heavy atom. The zero-order valence-electron chi connectivity index (χ0n) is 12.1. The number of nitrogens with two attached hydrogens (primary N) is 1. The molecule has 4 heteroatoms. The maximum Gasteiger partial charge on any atom is 0.306 e. The van der Waals surface area contributed by atoms with Crippen LogP contribution in [0, 0.1) is 11.8 Å². The second kappa shape index (κ2) is 7.25. The fourth-order valence-electron chi connectivity index (χ4n) is 3.66. The lowest BCUT2D eigenvalue weighted by atomic mass is 9.91. The molecule has 1 aliphatic heterocycles. The summed E-state index contributed by atoms with van der Waals surface area (Å²) in [6.45, 7) is 5.52. The molecule has 2 fully saturated rings. The highest BCUT2D eigenvalue weighted by Gasteiger charge is 2.29. The molecule has 1 saturated carbocycles. The maximum absolute atomic E-state index is 11.6. The summed E-state index contributed by atoms with van der Waals surface area (Å²) in [7, 11) is 0. The summed E-state index contributed by atoms with van der Waals surface area (Å²) in [4.78, 5) is 14.1. The molecular formula is C15H28N2O2. The van der Waals surface area contributed by atoms with Gasteiger partial charge in [0.15, 0.2) is 0 Å². The number of carbonyl (C=O) groups excluding carboxylic acids is 1. The van der Waals surface area contributed by atoms with Crippen LogP contribution >= 0.6 is 0 Å². The van der Waals surface area contributed by atoms with Gasteiger partial charge in [-0.05, 0) is 38.0 Å². The SMILES string of the molecule is CCOC(=O)CC1CC(N)CN(CC2CCCC2)C1. The van der Waals surface area contributed by atoms with E-state index in [2.05, 4.69) is 4.90 Å². The Labute approximate surface area is 116 Å². The predicted molar refractivity (Wildman–Crippen MR) is 75.7 cm³/mol. The number of hydrogen-bond acceptors (Lipinski definition) is 4. The van der Waals surface area contributed by atoms with Crippen LogP contribution in [0.25, 0.3) is 0 Å². The summed E-state index contributed by atoms with van der Waals surface area (Å²) in [5.74, 6) is 1.17. The third-order valence-corrected chi connectivity index (χ3v) is 4.40. The van der Waals surface area contributed by atoms with Gasteiger partial charge in [0.1, 0.15) is 0 Å². The summed E-state index contributed by atoms with van der Waals surface area (Å²) in [5, 5.41) is 0. The third kappa shape index (κ3) is 4.77. The molecule has 2 N–H and O–H groups in total. The molecule has 1 aliphatic carbocycles. The maximum atomic E-state index is 11.6. The van der Waals surface area contributed by atoms with E-state index in [0.29, 0.717) is 18.9 Å². The van der Waals surface area contributed by atoms with E-state index in [9.17, 15) is 4.79 Å². The first-order valence-electron chi connectivity index (χ1n) is 7.81. The summed E-state index contributed by atoms with van der Waals surface area (Å²) < 4.78 is 5.05. The van der Waals surface area contributed by atoms with Gasteiger partial charge in [-0.25, -0.2) is 0 Å². The van der Waals surface area contributed by atoms with Gasteiger partial charge in [-0.1, -0.05) is 12.8 Å². The lowest BCUT2D eigenvalue weighted by Crippen LogP contribution is -2.48. The number of ether oxygens (including phenoxy) is 1. The zero-order chi connectivity index (χ0) is 13.7. The van der Waals surface area contributed by atoms with Gasteiger partial charge in [0.25, 0.3) is 0 Å². The van der Waals surface area contributed by atoms with Crippen molar-refractivity contribution in [3.05, 3.63) is 0 Å². The monoisotopic (exact) mass is 268 g/mol. The Kier molecular flexibility index (Phi) is 5.64. The van der Waals surface area contributed by atoms with Crippen molar-refractivity contribution in [1.29, 1.82) is 0 Å². The Morgan fingerprint density at radius 3 is 2.68 bits per heavy atom. The van der Waals surface area contributed by atoms with Gasteiger partial charge >= 0.3 is 5.97 Å². The molecule has 0 aromatic heterocycles. The zero-order valence-corrected chi connectivity index (χ0v) is 12.1. The Balaban J connectivity index is 1.79. The smallest absolute Gasteiger partial charge is 0.306 e. The molecule has 4 nitrogen and oxygen atoms in total. The van der Waals surface area contributed by atoms with Gasteiger partial charge in [-0.15, -0.1) is 0 Å². The summed E-state index contributed by atoms with van der Waals surface area (Å²) >= 11 is 0. The second-order valence-electron chi connectivity index (χ2n) is 6.24. The van der Waals surface area contributed by atoms with Crippen molar-refractivity contribution in [2.24, 2.45) is 17.6 Å². The first kappa shape index (κ1) is 14.8. The third-order valence-electron chi connectivity index (χ3n) is 4.40. The molecule has 1 saturated heterocycles. The number of nitrogens with zero attached hydrogens (tertiary/aromatic N) is 1. The summed E-state index contributed by atoms with van der Waals surface area (Å²) in [6, 6.07) is 0.217. The number of likely N-dealkylation sites (tertiary alicyclic amines) is 1. The van der Waals surface area contributed by atoms with Crippen LogP contribution in [0.3, 0.4) is 0 Å². The van der Waals surface area contributed by atoms with Crippen LogP contribution < -0.4 is 5.73 Å². The van der Waals surface area contributed by atoms with Crippen molar-refractivity contribution >= 4 is 5.97 Å². The quantitative estimate of drug-likeness (QED) is 0.772. The number of carbonyl (C=O) groups is 1. The van der Waals surface area contributed by atoms with Gasteiger partial charge in [-0.3, -0.25) is 4.79 Å². The molecule has 0 radical (unpaired) electrons. The molecule has 0 spiro atoms. The minimum atomic E-state index is -0.0672. The van der Waals surface area contributed by atoms with E-state index in [-0.39, 0.29) is 12.0 Å². The highest BCUT2D eigenvalue weighted by Crippen LogP contribution is 2.28. The molecule has 0 aromatic carbocycles. The lowest BCUT2D eigenvalue weighted by molar-refractivity contribution is -0.144. The Hall–Kier alpha value is -0.610. The van der Waals surface area contributed by atoms with Crippen molar-refractivity contribution in [3.8, 4) is 0 Å². The van der Waals surface area contributed by atoms with Crippen molar-refractivity contribution in [2.75, 3.05) is 26.2 Å². The highest BCUT2D eigenvalue weighted by molar-refractivity contribution is 5.69. The number of piperidine rings is 1. The molecule has 1 heterocycles. The first-order valence-corrected chi connectivity index (χ1v) is 7.81.